The largest absolute Gasteiger partial charge is 0.366 e. The first-order valence-corrected chi connectivity index (χ1v) is 8.51. The van der Waals surface area contributed by atoms with E-state index in [2.05, 4.69) is 28.8 Å². The molecule has 2 N–H and O–H groups in total. The van der Waals surface area contributed by atoms with E-state index in [0.29, 0.717) is 13.2 Å². The number of amides is 1. The summed E-state index contributed by atoms with van der Waals surface area (Å²) in [6, 6.07) is 16.3. The molecule has 0 aliphatic carbocycles. The van der Waals surface area contributed by atoms with Gasteiger partial charge in [0.2, 0.25) is 0 Å². The quantitative estimate of drug-likeness (QED) is 0.871. The van der Waals surface area contributed by atoms with E-state index in [9.17, 15) is 4.79 Å². The third-order valence-electron chi connectivity index (χ3n) is 3.65. The Labute approximate surface area is 152 Å². The van der Waals surface area contributed by atoms with Gasteiger partial charge < -0.3 is 15.4 Å². The van der Waals surface area contributed by atoms with Crippen molar-refractivity contribution in [3.8, 4) is 0 Å². The predicted octanol–water partition coefficient (Wildman–Crippen LogP) is 3.49. The first kappa shape index (κ1) is 18.8. The van der Waals surface area contributed by atoms with Gasteiger partial charge in [-0.1, -0.05) is 30.0 Å². The number of hydrogen-bond acceptors (Lipinski definition) is 4. The molecule has 0 bridgehead atoms. The lowest BCUT2D eigenvalue weighted by atomic mass is 10.2. The molecule has 1 atom stereocenters. The highest BCUT2D eigenvalue weighted by Gasteiger charge is 2.22. The van der Waals surface area contributed by atoms with E-state index in [-0.39, 0.29) is 18.3 Å². The molecule has 1 heterocycles. The Morgan fingerprint density at radius 2 is 2.00 bits per heavy atom. The SMILES string of the molecule is Cc1cc(Sc2ccccc2)ccc1NC(=O)C1CNCCO1.Cl. The molecule has 0 aromatic heterocycles. The summed E-state index contributed by atoms with van der Waals surface area (Å²) in [7, 11) is 0. The van der Waals surface area contributed by atoms with E-state index in [4.69, 9.17) is 4.74 Å². The number of rotatable bonds is 4. The molecule has 1 saturated heterocycles. The molecule has 4 nitrogen and oxygen atoms in total. The second-order valence-corrected chi connectivity index (χ2v) is 6.59. The molecule has 3 rings (SSSR count). The average Bonchev–Trinajstić information content (AvgIpc) is 2.59. The Bertz CT molecular complexity index is 676. The second kappa shape index (κ2) is 9.08. The van der Waals surface area contributed by atoms with Crippen LogP contribution in [0.15, 0.2) is 58.3 Å². The average molecular weight is 365 g/mol. The molecule has 1 amide bonds. The summed E-state index contributed by atoms with van der Waals surface area (Å²) in [5.74, 6) is -0.0937. The van der Waals surface area contributed by atoms with Crippen molar-refractivity contribution in [2.75, 3.05) is 25.0 Å². The zero-order valence-corrected chi connectivity index (χ0v) is 15.1. The van der Waals surface area contributed by atoms with Crippen LogP contribution >= 0.6 is 24.2 Å². The van der Waals surface area contributed by atoms with Crippen LogP contribution < -0.4 is 10.6 Å². The van der Waals surface area contributed by atoms with Crippen molar-refractivity contribution in [2.45, 2.75) is 22.8 Å². The molecule has 1 aliphatic rings. The summed E-state index contributed by atoms with van der Waals surface area (Å²) < 4.78 is 5.48. The lowest BCUT2D eigenvalue weighted by Gasteiger charge is -2.23. The molecule has 1 aliphatic heterocycles. The van der Waals surface area contributed by atoms with Crippen LogP contribution in [0.5, 0.6) is 0 Å². The monoisotopic (exact) mass is 364 g/mol. The van der Waals surface area contributed by atoms with Crippen molar-refractivity contribution < 1.29 is 9.53 Å². The van der Waals surface area contributed by atoms with Crippen molar-refractivity contribution in [1.82, 2.24) is 5.32 Å². The molecule has 2 aromatic carbocycles. The van der Waals surface area contributed by atoms with Gasteiger partial charge in [0.25, 0.3) is 5.91 Å². The van der Waals surface area contributed by atoms with Crippen molar-refractivity contribution in [3.63, 3.8) is 0 Å². The fraction of sp³-hybridized carbons (Fsp3) is 0.278. The first-order chi connectivity index (χ1) is 11.2. The molecule has 24 heavy (non-hydrogen) atoms. The molecule has 128 valence electrons. The van der Waals surface area contributed by atoms with Gasteiger partial charge in [0.1, 0.15) is 6.10 Å². The van der Waals surface area contributed by atoms with Gasteiger partial charge in [-0.05, 0) is 42.8 Å². The van der Waals surface area contributed by atoms with Crippen LogP contribution in [-0.2, 0) is 9.53 Å². The van der Waals surface area contributed by atoms with Gasteiger partial charge in [0, 0.05) is 28.6 Å². The number of carbonyl (C=O) groups is 1. The predicted molar refractivity (Wildman–Crippen MR) is 100 cm³/mol. The van der Waals surface area contributed by atoms with Gasteiger partial charge in [-0.15, -0.1) is 12.4 Å². The lowest BCUT2D eigenvalue weighted by Crippen LogP contribution is -2.45. The number of aryl methyl sites for hydroxylation is 1. The number of hydrogen-bond donors (Lipinski definition) is 2. The topological polar surface area (TPSA) is 50.4 Å². The number of halogens is 1. The smallest absolute Gasteiger partial charge is 0.254 e. The fourth-order valence-corrected chi connectivity index (χ4v) is 3.35. The van der Waals surface area contributed by atoms with E-state index in [0.717, 1.165) is 22.7 Å². The normalized spacial score (nSPS) is 17.0. The molecule has 0 spiro atoms. The van der Waals surface area contributed by atoms with E-state index >= 15 is 0 Å². The fourth-order valence-electron chi connectivity index (χ4n) is 2.41. The Kier molecular flexibility index (Phi) is 7.12. The molecule has 1 fully saturated rings. The molecule has 2 aromatic rings. The van der Waals surface area contributed by atoms with Gasteiger partial charge in [-0.2, -0.15) is 0 Å². The highest BCUT2D eigenvalue weighted by molar-refractivity contribution is 7.99. The van der Waals surface area contributed by atoms with Crippen LogP contribution in [0.2, 0.25) is 0 Å². The summed E-state index contributed by atoms with van der Waals surface area (Å²) in [5, 5.41) is 6.12. The Balaban J connectivity index is 0.00000208. The van der Waals surface area contributed by atoms with Gasteiger partial charge >= 0.3 is 0 Å². The maximum Gasteiger partial charge on any atom is 0.254 e. The van der Waals surface area contributed by atoms with E-state index in [1.165, 1.54) is 4.90 Å². The third-order valence-corrected chi connectivity index (χ3v) is 4.65. The number of nitrogens with one attached hydrogen (secondary N) is 2. The Morgan fingerprint density at radius 1 is 1.21 bits per heavy atom. The Morgan fingerprint density at radius 3 is 2.67 bits per heavy atom. The molecular weight excluding hydrogens is 344 g/mol. The van der Waals surface area contributed by atoms with Gasteiger partial charge in [0.05, 0.1) is 6.61 Å². The highest BCUT2D eigenvalue weighted by Crippen LogP contribution is 2.30. The maximum absolute atomic E-state index is 12.2. The highest BCUT2D eigenvalue weighted by atomic mass is 35.5. The third kappa shape index (κ3) is 4.98. The Hall–Kier alpha value is -1.53. The van der Waals surface area contributed by atoms with Crippen LogP contribution in [-0.4, -0.2) is 31.7 Å². The van der Waals surface area contributed by atoms with E-state index < -0.39 is 6.10 Å². The zero-order valence-electron chi connectivity index (χ0n) is 13.5. The van der Waals surface area contributed by atoms with Gasteiger partial charge in [-0.25, -0.2) is 0 Å². The van der Waals surface area contributed by atoms with Gasteiger partial charge in [0.15, 0.2) is 0 Å². The first-order valence-electron chi connectivity index (χ1n) is 7.69. The number of carbonyl (C=O) groups excluding carboxylic acids is 1. The van der Waals surface area contributed by atoms with Crippen molar-refractivity contribution >= 4 is 35.8 Å². The lowest BCUT2D eigenvalue weighted by molar-refractivity contribution is -0.128. The summed E-state index contributed by atoms with van der Waals surface area (Å²) in [6.45, 7) is 3.94. The van der Waals surface area contributed by atoms with Crippen molar-refractivity contribution in [3.05, 3.63) is 54.1 Å². The number of morpholine rings is 1. The minimum atomic E-state index is -0.415. The van der Waals surface area contributed by atoms with Crippen molar-refractivity contribution in [1.29, 1.82) is 0 Å². The van der Waals surface area contributed by atoms with E-state index in [1.54, 1.807) is 11.8 Å². The number of anilines is 1. The van der Waals surface area contributed by atoms with Crippen LogP contribution in [0.1, 0.15) is 5.56 Å². The standard InChI is InChI=1S/C18H20N2O2S.ClH/c1-13-11-15(23-14-5-3-2-4-6-14)7-8-16(13)20-18(21)17-12-19-9-10-22-17;/h2-8,11,17,19H,9-10,12H2,1H3,(H,20,21);1H. The summed E-state index contributed by atoms with van der Waals surface area (Å²) >= 11 is 1.71. The summed E-state index contributed by atoms with van der Waals surface area (Å²) in [4.78, 5) is 14.6. The molecule has 0 saturated carbocycles. The molecule has 1 unspecified atom stereocenters. The van der Waals surface area contributed by atoms with Crippen LogP contribution in [0.25, 0.3) is 0 Å². The summed E-state index contributed by atoms with van der Waals surface area (Å²) in [5.41, 5.74) is 1.88. The maximum atomic E-state index is 12.2. The minimum absolute atomic E-state index is 0. The number of benzene rings is 2. The molecule has 6 heteroatoms. The van der Waals surface area contributed by atoms with Crippen LogP contribution in [0.3, 0.4) is 0 Å². The summed E-state index contributed by atoms with van der Waals surface area (Å²) in [6.07, 6.45) is -0.415. The molecular formula is C18H21ClN2O2S. The van der Waals surface area contributed by atoms with E-state index in [1.807, 2.05) is 37.3 Å². The van der Waals surface area contributed by atoms with Crippen LogP contribution in [0, 0.1) is 6.92 Å². The zero-order chi connectivity index (χ0) is 16.1. The van der Waals surface area contributed by atoms with Gasteiger partial charge in [-0.3, -0.25) is 4.79 Å². The molecule has 0 radical (unpaired) electrons. The second-order valence-electron chi connectivity index (χ2n) is 5.44. The number of ether oxygens (including phenoxy) is 1. The van der Waals surface area contributed by atoms with Crippen LogP contribution in [0.4, 0.5) is 5.69 Å². The minimum Gasteiger partial charge on any atom is -0.366 e. The van der Waals surface area contributed by atoms with Crippen molar-refractivity contribution in [2.24, 2.45) is 0 Å².